The summed E-state index contributed by atoms with van der Waals surface area (Å²) in [5, 5.41) is 0. The fraction of sp³-hybridized carbons (Fsp3) is 0.385. The monoisotopic (exact) mass is 251 g/mol. The van der Waals surface area contributed by atoms with Crippen LogP contribution in [0.1, 0.15) is 12.0 Å². The molecule has 4 heteroatoms. The van der Waals surface area contributed by atoms with Gasteiger partial charge in [-0.3, -0.25) is 0 Å². The van der Waals surface area contributed by atoms with Gasteiger partial charge in [0, 0.05) is 13.1 Å². The molecule has 1 atom stereocenters. The summed E-state index contributed by atoms with van der Waals surface area (Å²) in [6, 6.07) is 7.00. The Morgan fingerprint density at radius 1 is 1.35 bits per heavy atom. The first kappa shape index (κ1) is 12.3. The maximum Gasteiger partial charge on any atom is 0.243 e. The van der Waals surface area contributed by atoms with Crippen molar-refractivity contribution in [3.05, 3.63) is 42.5 Å². The van der Waals surface area contributed by atoms with Crippen LogP contribution in [0, 0.1) is 12.8 Å². The molecule has 92 valence electrons. The minimum absolute atomic E-state index is 0.287. The molecule has 1 aromatic carbocycles. The normalized spacial score (nSPS) is 21.6. The van der Waals surface area contributed by atoms with Crippen molar-refractivity contribution in [2.75, 3.05) is 13.1 Å². The Hall–Kier alpha value is -1.13. The summed E-state index contributed by atoms with van der Waals surface area (Å²) in [5.41, 5.74) is 1.06. The maximum atomic E-state index is 12.3. The number of rotatable bonds is 3. The van der Waals surface area contributed by atoms with E-state index in [0.29, 0.717) is 18.0 Å². The van der Waals surface area contributed by atoms with Crippen LogP contribution in [0.25, 0.3) is 0 Å². The van der Waals surface area contributed by atoms with Crippen LogP contribution in [0.3, 0.4) is 0 Å². The van der Waals surface area contributed by atoms with E-state index in [0.717, 1.165) is 12.0 Å². The first-order valence-corrected chi connectivity index (χ1v) is 7.17. The average Bonchev–Trinajstić information content (AvgIpc) is 2.78. The topological polar surface area (TPSA) is 37.4 Å². The van der Waals surface area contributed by atoms with Crippen molar-refractivity contribution in [1.82, 2.24) is 4.31 Å². The van der Waals surface area contributed by atoms with Gasteiger partial charge in [0.05, 0.1) is 4.90 Å². The molecule has 1 fully saturated rings. The van der Waals surface area contributed by atoms with Crippen LogP contribution in [-0.4, -0.2) is 25.8 Å². The minimum Gasteiger partial charge on any atom is -0.207 e. The van der Waals surface area contributed by atoms with Crippen LogP contribution in [-0.2, 0) is 10.0 Å². The first-order chi connectivity index (χ1) is 8.04. The molecule has 1 saturated heterocycles. The molecule has 2 rings (SSSR count). The standard InChI is InChI=1S/C13H17NO2S/c1-3-12-8-9-14(10-12)17(15,16)13-6-4-11(2)5-7-13/h3-7,12H,1,8-10H2,2H3. The molecule has 0 radical (unpaired) electrons. The predicted octanol–water partition coefficient (Wildman–Crippen LogP) is 2.19. The zero-order chi connectivity index (χ0) is 12.5. The van der Waals surface area contributed by atoms with E-state index in [2.05, 4.69) is 6.58 Å². The molecule has 0 amide bonds. The quantitative estimate of drug-likeness (QED) is 0.772. The molecule has 17 heavy (non-hydrogen) atoms. The summed E-state index contributed by atoms with van der Waals surface area (Å²) in [5.74, 6) is 0.287. The highest BCUT2D eigenvalue weighted by Crippen LogP contribution is 2.24. The summed E-state index contributed by atoms with van der Waals surface area (Å²) in [4.78, 5) is 0.382. The largest absolute Gasteiger partial charge is 0.243 e. The summed E-state index contributed by atoms with van der Waals surface area (Å²) in [6.07, 6.45) is 2.71. The molecule has 3 nitrogen and oxygen atoms in total. The van der Waals surface area contributed by atoms with E-state index in [-0.39, 0.29) is 5.92 Å². The maximum absolute atomic E-state index is 12.3. The third-order valence-corrected chi connectivity index (χ3v) is 5.06. The van der Waals surface area contributed by atoms with Gasteiger partial charge < -0.3 is 0 Å². The van der Waals surface area contributed by atoms with Gasteiger partial charge in [0.1, 0.15) is 0 Å². The summed E-state index contributed by atoms with van der Waals surface area (Å²) in [7, 11) is -3.31. The van der Waals surface area contributed by atoms with E-state index in [4.69, 9.17) is 0 Å². The number of aryl methyl sites for hydroxylation is 1. The SMILES string of the molecule is C=CC1CCN(S(=O)(=O)c2ccc(C)cc2)C1. The Morgan fingerprint density at radius 2 is 2.00 bits per heavy atom. The van der Waals surface area contributed by atoms with Gasteiger partial charge in [-0.05, 0) is 31.4 Å². The van der Waals surface area contributed by atoms with Gasteiger partial charge in [0.15, 0.2) is 0 Å². The van der Waals surface area contributed by atoms with Gasteiger partial charge in [-0.15, -0.1) is 6.58 Å². The van der Waals surface area contributed by atoms with Crippen LogP contribution < -0.4 is 0 Å². The third kappa shape index (κ3) is 2.42. The van der Waals surface area contributed by atoms with Gasteiger partial charge in [-0.1, -0.05) is 23.8 Å². The Balaban J connectivity index is 2.25. The van der Waals surface area contributed by atoms with Crippen LogP contribution in [0.5, 0.6) is 0 Å². The third-order valence-electron chi connectivity index (χ3n) is 3.18. The van der Waals surface area contributed by atoms with Gasteiger partial charge >= 0.3 is 0 Å². The molecule has 1 aliphatic heterocycles. The highest BCUT2D eigenvalue weighted by atomic mass is 32.2. The molecule has 1 aliphatic rings. The molecule has 0 saturated carbocycles. The molecule has 0 aromatic heterocycles. The molecule has 1 unspecified atom stereocenters. The van der Waals surface area contributed by atoms with Crippen molar-refractivity contribution in [2.24, 2.45) is 5.92 Å². The van der Waals surface area contributed by atoms with E-state index < -0.39 is 10.0 Å². The van der Waals surface area contributed by atoms with E-state index in [1.54, 1.807) is 16.4 Å². The Morgan fingerprint density at radius 3 is 2.53 bits per heavy atom. The predicted molar refractivity (Wildman–Crippen MR) is 68.2 cm³/mol. The summed E-state index contributed by atoms with van der Waals surface area (Å²) in [6.45, 7) is 6.81. The lowest BCUT2D eigenvalue weighted by Gasteiger charge is -2.16. The second kappa shape index (κ2) is 4.63. The van der Waals surface area contributed by atoms with Crippen molar-refractivity contribution >= 4 is 10.0 Å². The fourth-order valence-corrected chi connectivity index (χ4v) is 3.54. The van der Waals surface area contributed by atoms with Gasteiger partial charge in [-0.25, -0.2) is 8.42 Å². The molecule has 0 aliphatic carbocycles. The van der Waals surface area contributed by atoms with E-state index in [1.165, 1.54) is 0 Å². The molecule has 0 spiro atoms. The fourth-order valence-electron chi connectivity index (χ4n) is 2.02. The second-order valence-corrected chi connectivity index (χ2v) is 6.40. The number of hydrogen-bond donors (Lipinski definition) is 0. The smallest absolute Gasteiger partial charge is 0.207 e. The zero-order valence-electron chi connectivity index (χ0n) is 9.96. The Kier molecular flexibility index (Phi) is 3.35. The Bertz CT molecular complexity index is 505. The van der Waals surface area contributed by atoms with Crippen LogP contribution in [0.2, 0.25) is 0 Å². The van der Waals surface area contributed by atoms with E-state index >= 15 is 0 Å². The van der Waals surface area contributed by atoms with Gasteiger partial charge in [0.2, 0.25) is 10.0 Å². The van der Waals surface area contributed by atoms with Crippen LogP contribution in [0.15, 0.2) is 41.8 Å². The van der Waals surface area contributed by atoms with Crippen LogP contribution in [0.4, 0.5) is 0 Å². The number of benzene rings is 1. The van der Waals surface area contributed by atoms with Gasteiger partial charge in [-0.2, -0.15) is 4.31 Å². The lowest BCUT2D eigenvalue weighted by atomic mass is 10.1. The number of sulfonamides is 1. The Labute approximate surface area is 103 Å². The minimum atomic E-state index is -3.31. The lowest BCUT2D eigenvalue weighted by molar-refractivity contribution is 0.470. The average molecular weight is 251 g/mol. The number of hydrogen-bond acceptors (Lipinski definition) is 2. The molecule has 1 aromatic rings. The molecule has 0 N–H and O–H groups in total. The molecular formula is C13H17NO2S. The van der Waals surface area contributed by atoms with Crippen molar-refractivity contribution in [3.8, 4) is 0 Å². The van der Waals surface area contributed by atoms with E-state index in [9.17, 15) is 8.42 Å². The molecule has 0 bridgehead atoms. The van der Waals surface area contributed by atoms with Gasteiger partial charge in [0.25, 0.3) is 0 Å². The molecular weight excluding hydrogens is 234 g/mol. The van der Waals surface area contributed by atoms with Crippen molar-refractivity contribution < 1.29 is 8.42 Å². The van der Waals surface area contributed by atoms with Crippen molar-refractivity contribution in [2.45, 2.75) is 18.2 Å². The lowest BCUT2D eigenvalue weighted by Crippen LogP contribution is -2.28. The molecule has 1 heterocycles. The first-order valence-electron chi connectivity index (χ1n) is 5.73. The van der Waals surface area contributed by atoms with Crippen molar-refractivity contribution in [3.63, 3.8) is 0 Å². The van der Waals surface area contributed by atoms with Crippen LogP contribution >= 0.6 is 0 Å². The van der Waals surface area contributed by atoms with Crippen molar-refractivity contribution in [1.29, 1.82) is 0 Å². The highest BCUT2D eigenvalue weighted by Gasteiger charge is 2.30. The highest BCUT2D eigenvalue weighted by molar-refractivity contribution is 7.89. The summed E-state index contributed by atoms with van der Waals surface area (Å²) < 4.78 is 26.1. The summed E-state index contributed by atoms with van der Waals surface area (Å²) >= 11 is 0. The van der Waals surface area contributed by atoms with E-state index in [1.807, 2.05) is 25.1 Å². The number of nitrogens with zero attached hydrogens (tertiary/aromatic N) is 1. The zero-order valence-corrected chi connectivity index (χ0v) is 10.8. The second-order valence-electron chi connectivity index (χ2n) is 4.46.